The van der Waals surface area contributed by atoms with Crippen LogP contribution in [0.3, 0.4) is 0 Å². The maximum atomic E-state index is 13.7. The first-order chi connectivity index (χ1) is 17.0. The SMILES string of the molecule is O=C(/C=C/c1ccc(Cl)cc1)N1N=C2/C(=C/c3ccc(F)cc3)CCC[C@H]2[C@@H]1c1ccc(F)cc1. The van der Waals surface area contributed by atoms with Crippen molar-refractivity contribution in [3.8, 4) is 0 Å². The van der Waals surface area contributed by atoms with E-state index in [-0.39, 0.29) is 29.5 Å². The first-order valence-corrected chi connectivity index (χ1v) is 11.9. The third-order valence-electron chi connectivity index (χ3n) is 6.44. The Hall–Kier alpha value is -3.57. The maximum Gasteiger partial charge on any atom is 0.267 e. The fourth-order valence-electron chi connectivity index (χ4n) is 4.75. The van der Waals surface area contributed by atoms with Gasteiger partial charge in [0.1, 0.15) is 11.6 Å². The van der Waals surface area contributed by atoms with Crippen molar-refractivity contribution in [2.24, 2.45) is 11.0 Å². The van der Waals surface area contributed by atoms with E-state index in [1.807, 2.05) is 18.2 Å². The highest BCUT2D eigenvalue weighted by Crippen LogP contribution is 2.44. The van der Waals surface area contributed by atoms with Crippen LogP contribution in [0.4, 0.5) is 8.78 Å². The van der Waals surface area contributed by atoms with E-state index in [0.717, 1.165) is 47.2 Å². The van der Waals surface area contributed by atoms with Crippen molar-refractivity contribution in [1.29, 1.82) is 0 Å². The Morgan fingerprint density at radius 1 is 0.914 bits per heavy atom. The van der Waals surface area contributed by atoms with Crippen LogP contribution in [0.2, 0.25) is 5.02 Å². The molecule has 0 N–H and O–H groups in total. The quantitative estimate of drug-likeness (QED) is 0.351. The van der Waals surface area contributed by atoms with Crippen LogP contribution in [0, 0.1) is 17.6 Å². The molecule has 0 unspecified atom stereocenters. The summed E-state index contributed by atoms with van der Waals surface area (Å²) in [5.74, 6) is -0.868. The van der Waals surface area contributed by atoms with Crippen molar-refractivity contribution in [2.75, 3.05) is 0 Å². The van der Waals surface area contributed by atoms with Crippen LogP contribution in [0.5, 0.6) is 0 Å². The summed E-state index contributed by atoms with van der Waals surface area (Å²) >= 11 is 5.96. The number of benzene rings is 3. The zero-order valence-electron chi connectivity index (χ0n) is 18.9. The molecule has 6 heteroatoms. The van der Waals surface area contributed by atoms with Gasteiger partial charge < -0.3 is 0 Å². The molecule has 1 saturated carbocycles. The van der Waals surface area contributed by atoms with Gasteiger partial charge in [-0.05, 0) is 90.1 Å². The van der Waals surface area contributed by atoms with Crippen molar-refractivity contribution in [2.45, 2.75) is 25.3 Å². The van der Waals surface area contributed by atoms with Gasteiger partial charge in [0.25, 0.3) is 5.91 Å². The Morgan fingerprint density at radius 3 is 2.23 bits per heavy atom. The fraction of sp³-hybridized carbons (Fsp3) is 0.172. The fourth-order valence-corrected chi connectivity index (χ4v) is 4.88. The molecule has 1 amide bonds. The average Bonchev–Trinajstić information content (AvgIpc) is 3.26. The molecule has 2 atom stereocenters. The first kappa shape index (κ1) is 23.2. The van der Waals surface area contributed by atoms with Gasteiger partial charge in [-0.1, -0.05) is 48.0 Å². The van der Waals surface area contributed by atoms with E-state index >= 15 is 0 Å². The van der Waals surface area contributed by atoms with Crippen LogP contribution < -0.4 is 0 Å². The van der Waals surface area contributed by atoms with Gasteiger partial charge in [-0.25, -0.2) is 13.8 Å². The zero-order valence-corrected chi connectivity index (χ0v) is 19.6. The van der Waals surface area contributed by atoms with Crippen LogP contribution in [-0.4, -0.2) is 16.6 Å². The third-order valence-corrected chi connectivity index (χ3v) is 6.69. The van der Waals surface area contributed by atoms with E-state index in [1.54, 1.807) is 42.5 Å². The van der Waals surface area contributed by atoms with E-state index in [9.17, 15) is 13.6 Å². The van der Waals surface area contributed by atoms with Crippen LogP contribution in [0.1, 0.15) is 42.0 Å². The second-order valence-corrected chi connectivity index (χ2v) is 9.21. The van der Waals surface area contributed by atoms with Gasteiger partial charge in [-0.3, -0.25) is 4.79 Å². The molecule has 1 aliphatic carbocycles. The molecular weight excluding hydrogens is 466 g/mol. The summed E-state index contributed by atoms with van der Waals surface area (Å²) in [6.45, 7) is 0. The van der Waals surface area contributed by atoms with Crippen molar-refractivity contribution in [3.05, 3.63) is 118 Å². The van der Waals surface area contributed by atoms with Gasteiger partial charge in [-0.2, -0.15) is 5.10 Å². The molecule has 3 aromatic rings. The minimum atomic E-state index is -0.329. The molecule has 2 aliphatic rings. The van der Waals surface area contributed by atoms with E-state index in [4.69, 9.17) is 16.7 Å². The molecule has 0 aromatic heterocycles. The van der Waals surface area contributed by atoms with Crippen molar-refractivity contribution < 1.29 is 13.6 Å². The normalized spacial score (nSPS) is 20.8. The minimum absolute atomic E-state index is 0.00575. The number of allylic oxidation sites excluding steroid dienone is 1. The standard InChI is InChI=1S/C29H23ClF2N2O/c30-23-11-4-19(5-12-23)8-17-27(35)34-29(21-9-15-25(32)16-10-21)26-3-1-2-22(28(26)33-34)18-20-6-13-24(31)14-7-20/h4-18,26,29H,1-3H2/b17-8+,22-18+/t26-,29+/m1/s1. The number of halogens is 3. The molecule has 1 aliphatic heterocycles. The Labute approximate surface area is 208 Å². The smallest absolute Gasteiger partial charge is 0.267 e. The molecule has 0 bridgehead atoms. The predicted octanol–water partition coefficient (Wildman–Crippen LogP) is 7.45. The molecule has 0 saturated heterocycles. The van der Waals surface area contributed by atoms with Crippen LogP contribution in [0.25, 0.3) is 12.2 Å². The number of hydrogen-bond acceptors (Lipinski definition) is 2. The van der Waals surface area contributed by atoms with Crippen molar-refractivity contribution >= 4 is 35.4 Å². The Morgan fingerprint density at radius 2 is 1.54 bits per heavy atom. The summed E-state index contributed by atoms with van der Waals surface area (Å²) < 4.78 is 27.0. The number of rotatable bonds is 4. The number of amides is 1. The van der Waals surface area contributed by atoms with E-state index in [1.165, 1.54) is 35.4 Å². The lowest BCUT2D eigenvalue weighted by Crippen LogP contribution is -2.31. The van der Waals surface area contributed by atoms with Gasteiger partial charge >= 0.3 is 0 Å². The van der Waals surface area contributed by atoms with Crippen LogP contribution >= 0.6 is 11.6 Å². The predicted molar refractivity (Wildman–Crippen MR) is 136 cm³/mol. The van der Waals surface area contributed by atoms with Gasteiger partial charge in [0.15, 0.2) is 0 Å². The molecule has 5 rings (SSSR count). The number of carbonyl (C=O) groups is 1. The maximum absolute atomic E-state index is 13.7. The summed E-state index contributed by atoms with van der Waals surface area (Å²) in [5, 5.41) is 6.95. The number of hydrazone groups is 1. The van der Waals surface area contributed by atoms with E-state index in [2.05, 4.69) is 0 Å². The monoisotopic (exact) mass is 488 g/mol. The van der Waals surface area contributed by atoms with Crippen LogP contribution in [0.15, 0.2) is 89.5 Å². The highest BCUT2D eigenvalue weighted by Gasteiger charge is 2.43. The summed E-state index contributed by atoms with van der Waals surface area (Å²) in [7, 11) is 0. The molecule has 0 radical (unpaired) electrons. The van der Waals surface area contributed by atoms with Gasteiger partial charge in [0, 0.05) is 17.0 Å². The van der Waals surface area contributed by atoms with E-state index in [0.29, 0.717) is 5.02 Å². The van der Waals surface area contributed by atoms with E-state index < -0.39 is 0 Å². The summed E-state index contributed by atoms with van der Waals surface area (Å²) in [6.07, 6.45) is 7.89. The lowest BCUT2D eigenvalue weighted by Gasteiger charge is -2.29. The third kappa shape index (κ3) is 5.10. The Bertz CT molecular complexity index is 1310. The highest BCUT2D eigenvalue weighted by molar-refractivity contribution is 6.30. The highest BCUT2D eigenvalue weighted by atomic mass is 35.5. The van der Waals surface area contributed by atoms with Gasteiger partial charge in [0.2, 0.25) is 0 Å². The van der Waals surface area contributed by atoms with Crippen LogP contribution in [-0.2, 0) is 4.79 Å². The molecule has 3 nitrogen and oxygen atoms in total. The van der Waals surface area contributed by atoms with Crippen molar-refractivity contribution in [1.82, 2.24) is 5.01 Å². The number of hydrogen-bond donors (Lipinski definition) is 0. The van der Waals surface area contributed by atoms with Gasteiger partial charge in [-0.15, -0.1) is 0 Å². The topological polar surface area (TPSA) is 32.7 Å². The second kappa shape index (κ2) is 9.96. The number of fused-ring (bicyclic) bond motifs is 1. The Balaban J connectivity index is 1.50. The number of nitrogens with zero attached hydrogens (tertiary/aromatic N) is 2. The summed E-state index contributed by atoms with van der Waals surface area (Å²) in [5.41, 5.74) is 4.48. The largest absolute Gasteiger partial charge is 0.268 e. The molecule has 35 heavy (non-hydrogen) atoms. The summed E-state index contributed by atoms with van der Waals surface area (Å²) in [4.78, 5) is 13.4. The molecule has 0 spiro atoms. The molecule has 176 valence electrons. The molecular formula is C29H23ClF2N2O. The summed E-state index contributed by atoms with van der Waals surface area (Å²) in [6, 6.07) is 19.5. The lowest BCUT2D eigenvalue weighted by molar-refractivity contribution is -0.128. The minimum Gasteiger partial charge on any atom is -0.268 e. The average molecular weight is 489 g/mol. The number of carbonyl (C=O) groups excluding carboxylic acids is 1. The lowest BCUT2D eigenvalue weighted by atomic mass is 9.77. The zero-order chi connectivity index (χ0) is 24.4. The van der Waals surface area contributed by atoms with Crippen molar-refractivity contribution in [3.63, 3.8) is 0 Å². The molecule has 1 fully saturated rings. The molecule has 3 aromatic carbocycles. The van der Waals surface area contributed by atoms with Gasteiger partial charge in [0.05, 0.1) is 11.8 Å². The second-order valence-electron chi connectivity index (χ2n) is 8.77. The first-order valence-electron chi connectivity index (χ1n) is 11.6. The Kier molecular flexibility index (Phi) is 6.60. The molecule has 1 heterocycles.